The second-order valence-corrected chi connectivity index (χ2v) is 8.33. The monoisotopic (exact) mass is 403 g/mol. The molecule has 1 fully saturated rings. The number of amides is 1. The van der Waals surface area contributed by atoms with Gasteiger partial charge in [-0.2, -0.15) is 5.10 Å². The normalized spacial score (nSPS) is 15.4. The van der Waals surface area contributed by atoms with Crippen molar-refractivity contribution in [2.24, 2.45) is 5.92 Å². The predicted octanol–water partition coefficient (Wildman–Crippen LogP) is 4.24. The van der Waals surface area contributed by atoms with Crippen LogP contribution in [-0.2, 0) is 11.3 Å². The minimum absolute atomic E-state index is 0.0119. The van der Waals surface area contributed by atoms with Crippen LogP contribution < -0.4 is 5.32 Å². The Bertz CT molecular complexity index is 958. The van der Waals surface area contributed by atoms with Crippen LogP contribution in [0.2, 0.25) is 0 Å². The zero-order valence-corrected chi connectivity index (χ0v) is 17.7. The molecule has 1 saturated heterocycles. The number of nitrogens with zero attached hydrogens (tertiary/aromatic N) is 4. The van der Waals surface area contributed by atoms with Crippen molar-refractivity contribution in [3.63, 3.8) is 0 Å². The van der Waals surface area contributed by atoms with E-state index in [4.69, 9.17) is 0 Å². The largest absolute Gasteiger partial charge is 0.326 e. The Balaban J connectivity index is 1.31. The molecule has 2 heterocycles. The maximum atomic E-state index is 12.0. The molecule has 1 aromatic heterocycles. The van der Waals surface area contributed by atoms with Crippen molar-refractivity contribution in [3.8, 4) is 5.69 Å². The highest BCUT2D eigenvalue weighted by Crippen LogP contribution is 2.30. The van der Waals surface area contributed by atoms with Gasteiger partial charge in [0.1, 0.15) is 12.7 Å². The molecule has 1 N–H and O–H groups in total. The Morgan fingerprint density at radius 2 is 1.90 bits per heavy atom. The lowest BCUT2D eigenvalue weighted by atomic mass is 9.89. The number of hydrogen-bond donors (Lipinski definition) is 1. The summed E-state index contributed by atoms with van der Waals surface area (Å²) in [5, 5.41) is 7.19. The highest BCUT2D eigenvalue weighted by atomic mass is 16.1. The first-order valence-electron chi connectivity index (χ1n) is 10.7. The summed E-state index contributed by atoms with van der Waals surface area (Å²) in [6, 6.07) is 16.9. The molecule has 3 aromatic rings. The molecule has 30 heavy (non-hydrogen) atoms. The van der Waals surface area contributed by atoms with Crippen LogP contribution in [0.25, 0.3) is 5.69 Å². The van der Waals surface area contributed by atoms with Crippen LogP contribution >= 0.6 is 0 Å². The Hall–Kier alpha value is -2.99. The van der Waals surface area contributed by atoms with E-state index in [-0.39, 0.29) is 11.8 Å². The van der Waals surface area contributed by atoms with Gasteiger partial charge in [0, 0.05) is 18.2 Å². The molecule has 6 nitrogen and oxygen atoms in total. The van der Waals surface area contributed by atoms with E-state index < -0.39 is 0 Å². The van der Waals surface area contributed by atoms with Gasteiger partial charge >= 0.3 is 0 Å². The minimum Gasteiger partial charge on any atom is -0.326 e. The van der Waals surface area contributed by atoms with Crippen molar-refractivity contribution in [1.29, 1.82) is 0 Å². The lowest BCUT2D eigenvalue weighted by Gasteiger charge is -2.32. The van der Waals surface area contributed by atoms with Crippen molar-refractivity contribution in [3.05, 3.63) is 72.3 Å². The van der Waals surface area contributed by atoms with E-state index in [2.05, 4.69) is 56.7 Å². The standard InChI is InChI=1S/C24H29N5O/c1-18(2)24(30)27-22-5-3-4-21(14-22)20-10-12-28(13-11-20)15-19-6-8-23(9-7-19)29-17-25-16-26-29/h3-9,14,16-18,20H,10-13,15H2,1-2H3,(H,27,30). The lowest BCUT2D eigenvalue weighted by molar-refractivity contribution is -0.118. The molecule has 6 heteroatoms. The molecule has 0 atom stereocenters. The van der Waals surface area contributed by atoms with Gasteiger partial charge in [0.25, 0.3) is 0 Å². The van der Waals surface area contributed by atoms with Crippen LogP contribution in [0.3, 0.4) is 0 Å². The van der Waals surface area contributed by atoms with E-state index in [1.807, 2.05) is 26.0 Å². The number of rotatable bonds is 6. The van der Waals surface area contributed by atoms with Gasteiger partial charge in [-0.15, -0.1) is 0 Å². The zero-order valence-electron chi connectivity index (χ0n) is 17.7. The predicted molar refractivity (Wildman–Crippen MR) is 119 cm³/mol. The number of aromatic nitrogens is 3. The van der Waals surface area contributed by atoms with Crippen molar-refractivity contribution >= 4 is 11.6 Å². The minimum atomic E-state index is -0.0119. The molecule has 1 aliphatic rings. The van der Waals surface area contributed by atoms with Gasteiger partial charge in [-0.1, -0.05) is 38.1 Å². The molecule has 0 bridgehead atoms. The molecule has 2 aromatic carbocycles. The zero-order chi connectivity index (χ0) is 20.9. The molecule has 0 radical (unpaired) electrons. The molecule has 1 aliphatic heterocycles. The van der Waals surface area contributed by atoms with Gasteiger partial charge in [-0.3, -0.25) is 9.69 Å². The van der Waals surface area contributed by atoms with Crippen molar-refractivity contribution < 1.29 is 4.79 Å². The summed E-state index contributed by atoms with van der Waals surface area (Å²) in [5.74, 6) is 0.603. The number of carbonyl (C=O) groups is 1. The molecule has 0 spiro atoms. The Morgan fingerprint density at radius 1 is 1.13 bits per heavy atom. The molecule has 1 amide bonds. The Kier molecular flexibility index (Phi) is 6.23. The van der Waals surface area contributed by atoms with E-state index in [0.29, 0.717) is 5.92 Å². The van der Waals surface area contributed by atoms with Crippen LogP contribution in [0.5, 0.6) is 0 Å². The topological polar surface area (TPSA) is 63.1 Å². The van der Waals surface area contributed by atoms with Crippen LogP contribution in [0, 0.1) is 5.92 Å². The lowest BCUT2D eigenvalue weighted by Crippen LogP contribution is -2.32. The molecule has 0 unspecified atom stereocenters. The summed E-state index contributed by atoms with van der Waals surface area (Å²) in [6.07, 6.45) is 5.53. The van der Waals surface area contributed by atoms with Gasteiger partial charge in [0.05, 0.1) is 5.69 Å². The van der Waals surface area contributed by atoms with Crippen LogP contribution in [0.15, 0.2) is 61.2 Å². The fourth-order valence-corrected chi connectivity index (χ4v) is 3.94. The number of piperidine rings is 1. The second-order valence-electron chi connectivity index (χ2n) is 8.33. The van der Waals surface area contributed by atoms with Crippen LogP contribution in [0.4, 0.5) is 5.69 Å². The highest BCUT2D eigenvalue weighted by Gasteiger charge is 2.21. The van der Waals surface area contributed by atoms with E-state index in [1.165, 1.54) is 11.1 Å². The van der Waals surface area contributed by atoms with Crippen molar-refractivity contribution in [2.75, 3.05) is 18.4 Å². The maximum absolute atomic E-state index is 12.0. The van der Waals surface area contributed by atoms with Crippen molar-refractivity contribution in [1.82, 2.24) is 19.7 Å². The second kappa shape index (κ2) is 9.22. The molecule has 156 valence electrons. The van der Waals surface area contributed by atoms with Crippen molar-refractivity contribution in [2.45, 2.75) is 39.2 Å². The van der Waals surface area contributed by atoms with Crippen LogP contribution in [-0.4, -0.2) is 38.7 Å². The summed E-state index contributed by atoms with van der Waals surface area (Å²) in [4.78, 5) is 18.5. The highest BCUT2D eigenvalue weighted by molar-refractivity contribution is 5.92. The Labute approximate surface area is 177 Å². The number of carbonyl (C=O) groups excluding carboxylic acids is 1. The summed E-state index contributed by atoms with van der Waals surface area (Å²) in [5.41, 5.74) is 4.57. The number of likely N-dealkylation sites (tertiary alicyclic amines) is 1. The van der Waals surface area contributed by atoms with Gasteiger partial charge in [0.2, 0.25) is 5.91 Å². The maximum Gasteiger partial charge on any atom is 0.226 e. The first-order valence-corrected chi connectivity index (χ1v) is 10.7. The van der Waals surface area contributed by atoms with E-state index in [9.17, 15) is 4.79 Å². The fraction of sp³-hybridized carbons (Fsp3) is 0.375. The van der Waals surface area contributed by atoms with E-state index >= 15 is 0 Å². The van der Waals surface area contributed by atoms with Gasteiger partial charge in [0.15, 0.2) is 0 Å². The molecule has 4 rings (SSSR count). The average Bonchev–Trinajstić information content (AvgIpc) is 3.30. The Morgan fingerprint density at radius 3 is 2.57 bits per heavy atom. The fourth-order valence-electron chi connectivity index (χ4n) is 3.94. The third kappa shape index (κ3) is 4.94. The number of anilines is 1. The number of hydrogen-bond acceptors (Lipinski definition) is 4. The number of benzene rings is 2. The summed E-state index contributed by atoms with van der Waals surface area (Å²) >= 11 is 0. The molecule has 0 saturated carbocycles. The van der Waals surface area contributed by atoms with Gasteiger partial charge in [-0.25, -0.2) is 9.67 Å². The first kappa shape index (κ1) is 20.3. The SMILES string of the molecule is CC(C)C(=O)Nc1cccc(C2CCN(Cc3ccc(-n4cncn4)cc3)CC2)c1. The smallest absolute Gasteiger partial charge is 0.226 e. The molecule has 0 aliphatic carbocycles. The summed E-state index contributed by atoms with van der Waals surface area (Å²) in [7, 11) is 0. The number of nitrogens with one attached hydrogen (secondary N) is 1. The summed E-state index contributed by atoms with van der Waals surface area (Å²) < 4.78 is 1.77. The molecular weight excluding hydrogens is 374 g/mol. The van der Waals surface area contributed by atoms with E-state index in [1.54, 1.807) is 17.3 Å². The summed E-state index contributed by atoms with van der Waals surface area (Å²) in [6.45, 7) is 6.96. The third-order valence-corrected chi connectivity index (χ3v) is 5.76. The van der Waals surface area contributed by atoms with Crippen LogP contribution in [0.1, 0.15) is 43.7 Å². The molecular formula is C24H29N5O. The quantitative estimate of drug-likeness (QED) is 0.669. The van der Waals surface area contributed by atoms with Gasteiger partial charge < -0.3 is 5.32 Å². The van der Waals surface area contributed by atoms with Gasteiger partial charge in [-0.05, 0) is 67.2 Å². The third-order valence-electron chi connectivity index (χ3n) is 5.76. The average molecular weight is 404 g/mol. The van der Waals surface area contributed by atoms with E-state index in [0.717, 1.165) is 43.9 Å². The first-order chi connectivity index (χ1) is 14.6.